The maximum Gasteiger partial charge on any atom is 0.271 e. The van der Waals surface area contributed by atoms with Crippen molar-refractivity contribution in [3.63, 3.8) is 0 Å². The van der Waals surface area contributed by atoms with Gasteiger partial charge in [0.25, 0.3) is 5.56 Å². The van der Waals surface area contributed by atoms with Gasteiger partial charge in [-0.3, -0.25) is 9.59 Å². The molecule has 0 aliphatic carbocycles. The molecule has 0 atom stereocenters. The lowest BCUT2D eigenvalue weighted by Gasteiger charge is -2.10. The molecule has 0 aliphatic heterocycles. The molecule has 0 saturated carbocycles. The van der Waals surface area contributed by atoms with Crippen LogP contribution in [0.4, 0.5) is 5.69 Å². The van der Waals surface area contributed by atoms with E-state index in [9.17, 15) is 9.59 Å². The van der Waals surface area contributed by atoms with Gasteiger partial charge in [0.2, 0.25) is 5.91 Å². The summed E-state index contributed by atoms with van der Waals surface area (Å²) in [5.74, 6) is 0.662. The maximum atomic E-state index is 12.3. The van der Waals surface area contributed by atoms with Crippen LogP contribution < -0.4 is 15.6 Å². The number of hydrogen-bond donors (Lipinski definition) is 1. The first kappa shape index (κ1) is 20.0. The van der Waals surface area contributed by atoms with Crippen molar-refractivity contribution in [3.05, 3.63) is 75.5 Å². The van der Waals surface area contributed by atoms with Crippen molar-refractivity contribution < 1.29 is 9.53 Å². The van der Waals surface area contributed by atoms with Crippen LogP contribution in [0.5, 0.6) is 5.75 Å². The van der Waals surface area contributed by atoms with Gasteiger partial charge < -0.3 is 10.1 Å². The fraction of sp³-hybridized carbons (Fsp3) is 0.150. The van der Waals surface area contributed by atoms with Crippen LogP contribution in [0.2, 0.25) is 5.02 Å². The minimum absolute atomic E-state index is 0.153. The second kappa shape index (κ2) is 8.95. The number of thioether (sulfide) groups is 1. The topological polar surface area (TPSA) is 73.2 Å². The number of carbonyl (C=O) groups is 1. The lowest BCUT2D eigenvalue weighted by molar-refractivity contribution is -0.113. The first-order valence-corrected chi connectivity index (χ1v) is 9.77. The van der Waals surface area contributed by atoms with E-state index in [2.05, 4.69) is 10.4 Å². The number of methoxy groups -OCH3 is 1. The van der Waals surface area contributed by atoms with Crippen LogP contribution in [-0.2, 0) is 4.79 Å². The molecule has 1 amide bonds. The van der Waals surface area contributed by atoms with E-state index >= 15 is 0 Å². The number of nitrogens with one attached hydrogen (secondary N) is 1. The number of aromatic nitrogens is 2. The Labute approximate surface area is 171 Å². The smallest absolute Gasteiger partial charge is 0.271 e. The van der Waals surface area contributed by atoms with E-state index in [0.717, 1.165) is 5.56 Å². The van der Waals surface area contributed by atoms with Gasteiger partial charge in [0.05, 0.1) is 18.6 Å². The summed E-state index contributed by atoms with van der Waals surface area (Å²) < 4.78 is 6.42. The molecular formula is C20H18ClN3O3S. The molecule has 6 nitrogen and oxygen atoms in total. The van der Waals surface area contributed by atoms with Gasteiger partial charge in [0.15, 0.2) is 0 Å². The second-order valence-electron chi connectivity index (χ2n) is 5.87. The fourth-order valence-corrected chi connectivity index (χ4v) is 3.28. The Kier molecular flexibility index (Phi) is 6.38. The van der Waals surface area contributed by atoms with Gasteiger partial charge >= 0.3 is 0 Å². The van der Waals surface area contributed by atoms with Gasteiger partial charge in [-0.1, -0.05) is 29.4 Å². The number of halogens is 1. The molecule has 1 heterocycles. The number of ether oxygens (including phenoxy) is 1. The third-order valence-electron chi connectivity index (χ3n) is 3.99. The van der Waals surface area contributed by atoms with E-state index in [1.165, 1.54) is 22.5 Å². The largest absolute Gasteiger partial charge is 0.497 e. The summed E-state index contributed by atoms with van der Waals surface area (Å²) in [6, 6.07) is 15.4. The summed E-state index contributed by atoms with van der Waals surface area (Å²) in [7, 11) is 1.58. The Hall–Kier alpha value is -2.77. The molecule has 8 heteroatoms. The molecule has 144 valence electrons. The average Bonchev–Trinajstić information content (AvgIpc) is 2.71. The quantitative estimate of drug-likeness (QED) is 0.617. The molecule has 3 aromatic rings. The van der Waals surface area contributed by atoms with Gasteiger partial charge in [-0.05, 0) is 55.0 Å². The molecule has 0 spiro atoms. The van der Waals surface area contributed by atoms with E-state index in [4.69, 9.17) is 16.3 Å². The summed E-state index contributed by atoms with van der Waals surface area (Å²) in [5.41, 5.74) is 1.85. The molecular weight excluding hydrogens is 398 g/mol. The minimum Gasteiger partial charge on any atom is -0.497 e. The summed E-state index contributed by atoms with van der Waals surface area (Å²) in [6.45, 7) is 1.84. The zero-order valence-corrected chi connectivity index (χ0v) is 16.9. The fourth-order valence-electron chi connectivity index (χ4n) is 2.45. The normalized spacial score (nSPS) is 10.5. The van der Waals surface area contributed by atoms with Crippen molar-refractivity contribution in [2.24, 2.45) is 0 Å². The van der Waals surface area contributed by atoms with Gasteiger partial charge in [-0.2, -0.15) is 9.78 Å². The molecule has 3 rings (SSSR count). The predicted molar refractivity (Wildman–Crippen MR) is 112 cm³/mol. The summed E-state index contributed by atoms with van der Waals surface area (Å²) >= 11 is 7.32. The number of nitrogens with zero attached hydrogens (tertiary/aromatic N) is 2. The summed E-state index contributed by atoms with van der Waals surface area (Å²) in [6.07, 6.45) is 0. The molecule has 0 radical (unpaired) electrons. The lowest BCUT2D eigenvalue weighted by atomic mass is 10.2. The number of rotatable bonds is 6. The van der Waals surface area contributed by atoms with E-state index in [0.29, 0.717) is 27.2 Å². The Morgan fingerprint density at radius 1 is 1.18 bits per heavy atom. The minimum atomic E-state index is -0.256. The van der Waals surface area contributed by atoms with Crippen molar-refractivity contribution in [1.29, 1.82) is 0 Å². The number of anilines is 1. The van der Waals surface area contributed by atoms with Crippen LogP contribution in [0.3, 0.4) is 0 Å². The molecule has 28 heavy (non-hydrogen) atoms. The molecule has 0 unspecified atom stereocenters. The van der Waals surface area contributed by atoms with Gasteiger partial charge in [-0.25, -0.2) is 0 Å². The third-order valence-corrected chi connectivity index (χ3v) is 5.32. The Morgan fingerprint density at radius 2 is 1.93 bits per heavy atom. The highest BCUT2D eigenvalue weighted by Gasteiger charge is 2.10. The van der Waals surface area contributed by atoms with Gasteiger partial charge in [-0.15, -0.1) is 0 Å². The van der Waals surface area contributed by atoms with Crippen LogP contribution in [0.15, 0.2) is 64.4 Å². The highest BCUT2D eigenvalue weighted by Crippen LogP contribution is 2.23. The number of carbonyl (C=O) groups excluding carboxylic acids is 1. The predicted octanol–water partition coefficient (Wildman–Crippen LogP) is 3.93. The summed E-state index contributed by atoms with van der Waals surface area (Å²) in [5, 5.41) is 8.33. The number of benzene rings is 2. The van der Waals surface area contributed by atoms with Crippen LogP contribution in [-0.4, -0.2) is 28.6 Å². The van der Waals surface area contributed by atoms with Crippen molar-refractivity contribution in [3.8, 4) is 11.4 Å². The highest BCUT2D eigenvalue weighted by molar-refractivity contribution is 7.99. The lowest BCUT2D eigenvalue weighted by Crippen LogP contribution is -2.21. The third kappa shape index (κ3) is 4.74. The van der Waals surface area contributed by atoms with Gasteiger partial charge in [0.1, 0.15) is 10.8 Å². The van der Waals surface area contributed by atoms with E-state index in [1.54, 1.807) is 55.6 Å². The molecule has 0 aliphatic rings. The van der Waals surface area contributed by atoms with E-state index in [1.807, 2.05) is 6.92 Å². The van der Waals surface area contributed by atoms with Crippen molar-refractivity contribution in [2.75, 3.05) is 18.2 Å². The Morgan fingerprint density at radius 3 is 2.64 bits per heavy atom. The SMILES string of the molecule is COc1ccc(-n2nc(SCC(=O)Nc3cccc(Cl)c3C)ccc2=O)cc1. The van der Waals surface area contributed by atoms with Gasteiger partial charge in [0, 0.05) is 16.8 Å². The molecule has 1 aromatic heterocycles. The monoisotopic (exact) mass is 415 g/mol. The first-order valence-electron chi connectivity index (χ1n) is 8.40. The van der Waals surface area contributed by atoms with E-state index in [-0.39, 0.29) is 17.2 Å². The number of hydrogen-bond acceptors (Lipinski definition) is 5. The first-order chi connectivity index (χ1) is 13.5. The van der Waals surface area contributed by atoms with Crippen molar-refractivity contribution in [1.82, 2.24) is 9.78 Å². The summed E-state index contributed by atoms with van der Waals surface area (Å²) in [4.78, 5) is 24.4. The maximum absolute atomic E-state index is 12.3. The van der Waals surface area contributed by atoms with E-state index < -0.39 is 0 Å². The molecule has 0 fully saturated rings. The molecule has 1 N–H and O–H groups in total. The average molecular weight is 416 g/mol. The van der Waals surface area contributed by atoms with Crippen LogP contribution in [0.1, 0.15) is 5.56 Å². The van der Waals surface area contributed by atoms with Crippen molar-refractivity contribution >= 4 is 35.0 Å². The van der Waals surface area contributed by atoms with Crippen LogP contribution in [0.25, 0.3) is 5.69 Å². The van der Waals surface area contributed by atoms with Crippen LogP contribution in [0, 0.1) is 6.92 Å². The Balaban J connectivity index is 1.70. The number of amides is 1. The standard InChI is InChI=1S/C20H18ClN3O3S/c1-13-16(21)4-3-5-17(13)22-18(25)12-28-19-10-11-20(26)24(23-19)14-6-8-15(27-2)9-7-14/h3-11H,12H2,1-2H3,(H,22,25). The van der Waals surface area contributed by atoms with Crippen molar-refractivity contribution in [2.45, 2.75) is 11.9 Å². The van der Waals surface area contributed by atoms with Crippen LogP contribution >= 0.6 is 23.4 Å². The zero-order valence-electron chi connectivity index (χ0n) is 15.3. The Bertz CT molecular complexity index is 1050. The zero-order chi connectivity index (χ0) is 20.1. The molecule has 0 saturated heterocycles. The molecule has 0 bridgehead atoms. The highest BCUT2D eigenvalue weighted by atomic mass is 35.5. The second-order valence-corrected chi connectivity index (χ2v) is 7.27. The molecule has 2 aromatic carbocycles.